The van der Waals surface area contributed by atoms with Crippen LogP contribution in [-0.4, -0.2) is 74.3 Å². The number of likely N-dealkylation sites (N-methyl/N-ethyl adjacent to an activating group) is 1. The van der Waals surface area contributed by atoms with E-state index < -0.39 is 16.4 Å². The summed E-state index contributed by atoms with van der Waals surface area (Å²) in [6, 6.07) is 3.57. The first-order chi connectivity index (χ1) is 18.1. The summed E-state index contributed by atoms with van der Waals surface area (Å²) < 4.78 is 26.8. The zero-order valence-corrected chi connectivity index (χ0v) is 23.4. The fraction of sp³-hybridized carbons (Fsp3) is 0.400. The van der Waals surface area contributed by atoms with Crippen LogP contribution < -0.4 is 5.73 Å². The summed E-state index contributed by atoms with van der Waals surface area (Å²) in [4.78, 5) is 28.5. The molecule has 0 aromatic carbocycles. The van der Waals surface area contributed by atoms with Crippen molar-refractivity contribution >= 4 is 38.5 Å². The maximum Gasteiger partial charge on any atom is 0.248 e. The van der Waals surface area contributed by atoms with E-state index in [2.05, 4.69) is 15.1 Å². The standard InChI is InChI=1S/C25H31N7O4S2/c1-5-17(31(6-2)21(34)14-33)8-10-19-22(38(4,35)36)23(26)32-24(30-19)18(13-29-32)16-7-9-20(27-12-16)25-28-11-15(3)37-25/h7,9,11-13,17,33H,5-6,8,10,14,26H2,1-4H3. The van der Waals surface area contributed by atoms with E-state index >= 15 is 0 Å². The van der Waals surface area contributed by atoms with Crippen LogP contribution in [0.25, 0.3) is 27.5 Å². The Morgan fingerprint density at radius 1 is 1.21 bits per heavy atom. The molecule has 0 aliphatic carbocycles. The van der Waals surface area contributed by atoms with Crippen molar-refractivity contribution in [3.8, 4) is 21.8 Å². The number of pyridine rings is 1. The molecule has 0 saturated heterocycles. The highest BCUT2D eigenvalue weighted by Gasteiger charge is 2.26. The SMILES string of the molecule is CCC(CCc1nc2c(-c3ccc(-c4ncc(C)s4)nc3)cnn2c(N)c1S(C)(=O)=O)N(CC)C(=O)CO. The largest absolute Gasteiger partial charge is 0.387 e. The van der Waals surface area contributed by atoms with Crippen LogP contribution in [0.2, 0.25) is 0 Å². The van der Waals surface area contributed by atoms with Gasteiger partial charge in [0.15, 0.2) is 15.5 Å². The van der Waals surface area contributed by atoms with Crippen LogP contribution in [0.4, 0.5) is 5.82 Å². The van der Waals surface area contributed by atoms with Crippen molar-refractivity contribution in [2.24, 2.45) is 0 Å². The molecule has 38 heavy (non-hydrogen) atoms. The lowest BCUT2D eigenvalue weighted by atomic mass is 10.0. The zero-order chi connectivity index (χ0) is 27.6. The Morgan fingerprint density at radius 2 is 1.97 bits per heavy atom. The number of nitrogens with two attached hydrogens (primary N) is 1. The van der Waals surface area contributed by atoms with Gasteiger partial charge in [0.1, 0.15) is 22.3 Å². The highest BCUT2D eigenvalue weighted by atomic mass is 32.2. The van der Waals surface area contributed by atoms with Crippen LogP contribution in [-0.2, 0) is 21.1 Å². The molecule has 1 atom stereocenters. The number of carbonyl (C=O) groups is 1. The number of carbonyl (C=O) groups excluding carboxylic acids is 1. The van der Waals surface area contributed by atoms with Crippen molar-refractivity contribution in [3.05, 3.63) is 41.3 Å². The molecular weight excluding hydrogens is 526 g/mol. The van der Waals surface area contributed by atoms with Crippen LogP contribution in [0.5, 0.6) is 0 Å². The molecule has 4 aromatic rings. The Balaban J connectivity index is 1.75. The van der Waals surface area contributed by atoms with Crippen molar-refractivity contribution in [2.75, 3.05) is 25.1 Å². The third-order valence-corrected chi connectivity index (χ3v) is 8.54. The summed E-state index contributed by atoms with van der Waals surface area (Å²) in [7, 11) is -3.73. The van der Waals surface area contributed by atoms with Gasteiger partial charge in [0, 0.05) is 47.2 Å². The monoisotopic (exact) mass is 557 g/mol. The van der Waals surface area contributed by atoms with Crippen LogP contribution in [0.15, 0.2) is 35.6 Å². The van der Waals surface area contributed by atoms with Crippen LogP contribution in [0, 0.1) is 6.92 Å². The summed E-state index contributed by atoms with van der Waals surface area (Å²) in [5.74, 6) is -0.388. The first-order valence-corrected chi connectivity index (χ1v) is 14.9. The molecule has 4 heterocycles. The van der Waals surface area contributed by atoms with E-state index in [9.17, 15) is 18.3 Å². The van der Waals surface area contributed by atoms with Crippen molar-refractivity contribution in [1.82, 2.24) is 29.5 Å². The number of aryl methyl sites for hydroxylation is 2. The molecule has 0 aliphatic rings. The summed E-state index contributed by atoms with van der Waals surface area (Å²) in [6.45, 7) is 5.62. The lowest BCUT2D eigenvalue weighted by molar-refractivity contribution is -0.136. The minimum absolute atomic E-state index is 0.0200. The molecule has 0 aliphatic heterocycles. The molecule has 1 amide bonds. The molecule has 0 spiro atoms. The highest BCUT2D eigenvalue weighted by molar-refractivity contribution is 7.91. The maximum atomic E-state index is 12.8. The van der Waals surface area contributed by atoms with Crippen molar-refractivity contribution in [2.45, 2.75) is 51.0 Å². The number of aliphatic hydroxyl groups excluding tert-OH is 1. The molecule has 3 N–H and O–H groups in total. The molecule has 0 saturated carbocycles. The number of rotatable bonds is 10. The molecule has 202 valence electrons. The third-order valence-electron chi connectivity index (χ3n) is 6.42. The number of aliphatic hydroxyl groups is 1. The molecule has 11 nitrogen and oxygen atoms in total. The van der Waals surface area contributed by atoms with Gasteiger partial charge in [-0.25, -0.2) is 18.4 Å². The maximum absolute atomic E-state index is 12.8. The first-order valence-electron chi connectivity index (χ1n) is 12.2. The molecule has 13 heteroatoms. The molecule has 0 radical (unpaired) electrons. The van der Waals surface area contributed by atoms with Crippen LogP contribution in [0.3, 0.4) is 0 Å². The Kier molecular flexibility index (Phi) is 8.09. The molecule has 4 aromatic heterocycles. The van der Waals surface area contributed by atoms with Gasteiger partial charge in [0.25, 0.3) is 0 Å². The second-order valence-electron chi connectivity index (χ2n) is 8.99. The van der Waals surface area contributed by atoms with E-state index in [1.165, 1.54) is 4.52 Å². The van der Waals surface area contributed by atoms with Gasteiger partial charge >= 0.3 is 0 Å². The normalized spacial score (nSPS) is 12.7. The summed E-state index contributed by atoms with van der Waals surface area (Å²) >= 11 is 1.56. The number of fused-ring (bicyclic) bond motifs is 1. The molecule has 0 fully saturated rings. The lowest BCUT2D eigenvalue weighted by Gasteiger charge is -2.30. The number of anilines is 1. The topological polar surface area (TPSA) is 157 Å². The first kappa shape index (κ1) is 27.6. The Labute approximate surface area is 225 Å². The summed E-state index contributed by atoms with van der Waals surface area (Å²) in [6.07, 6.45) is 7.55. The quantitative estimate of drug-likeness (QED) is 0.299. The number of amides is 1. The van der Waals surface area contributed by atoms with E-state index in [1.54, 1.807) is 34.8 Å². The van der Waals surface area contributed by atoms with E-state index in [-0.39, 0.29) is 29.1 Å². The molecule has 1 unspecified atom stereocenters. The van der Waals surface area contributed by atoms with Gasteiger partial charge in [-0.2, -0.15) is 9.61 Å². The molecular formula is C25H31N7O4S2. The van der Waals surface area contributed by atoms with Crippen molar-refractivity contribution in [3.63, 3.8) is 0 Å². The summed E-state index contributed by atoms with van der Waals surface area (Å²) in [5, 5.41) is 14.5. The zero-order valence-electron chi connectivity index (χ0n) is 21.7. The van der Waals surface area contributed by atoms with Gasteiger partial charge in [-0.1, -0.05) is 13.0 Å². The fourth-order valence-electron chi connectivity index (χ4n) is 4.59. The van der Waals surface area contributed by atoms with Crippen LogP contribution in [0.1, 0.15) is 37.3 Å². The predicted octanol–water partition coefficient (Wildman–Crippen LogP) is 2.76. The highest BCUT2D eigenvalue weighted by Crippen LogP contribution is 2.31. The number of hydrogen-bond acceptors (Lipinski definition) is 10. The summed E-state index contributed by atoms with van der Waals surface area (Å²) in [5.41, 5.74) is 9.24. The minimum Gasteiger partial charge on any atom is -0.387 e. The number of hydrogen-bond donors (Lipinski definition) is 2. The van der Waals surface area contributed by atoms with Crippen LogP contribution >= 0.6 is 11.3 Å². The smallest absolute Gasteiger partial charge is 0.248 e. The Hall–Kier alpha value is -3.42. The van der Waals surface area contributed by atoms with Gasteiger partial charge in [-0.05, 0) is 39.2 Å². The van der Waals surface area contributed by atoms with Gasteiger partial charge in [-0.3, -0.25) is 9.78 Å². The Morgan fingerprint density at radius 3 is 2.53 bits per heavy atom. The average Bonchev–Trinajstić information content (AvgIpc) is 3.52. The second-order valence-corrected chi connectivity index (χ2v) is 12.2. The van der Waals surface area contributed by atoms with E-state index in [4.69, 9.17) is 10.7 Å². The van der Waals surface area contributed by atoms with Gasteiger partial charge in [0.05, 0.1) is 17.6 Å². The number of sulfone groups is 1. The fourth-order valence-corrected chi connectivity index (χ4v) is 6.37. The third kappa shape index (κ3) is 5.40. The number of nitrogens with zero attached hydrogens (tertiary/aromatic N) is 6. The average molecular weight is 558 g/mol. The molecule has 0 bridgehead atoms. The Bertz CT molecular complexity index is 1560. The van der Waals surface area contributed by atoms with E-state index in [1.807, 2.05) is 32.9 Å². The number of nitrogen functional groups attached to an aromatic ring is 1. The van der Waals surface area contributed by atoms with E-state index in [0.717, 1.165) is 27.4 Å². The van der Waals surface area contributed by atoms with Gasteiger partial charge in [0.2, 0.25) is 5.91 Å². The van der Waals surface area contributed by atoms with Gasteiger partial charge < -0.3 is 15.7 Å². The lowest BCUT2D eigenvalue weighted by Crippen LogP contribution is -2.41. The van der Waals surface area contributed by atoms with Crippen molar-refractivity contribution < 1.29 is 18.3 Å². The van der Waals surface area contributed by atoms with Gasteiger partial charge in [-0.15, -0.1) is 11.3 Å². The second kappa shape index (κ2) is 11.1. The van der Waals surface area contributed by atoms with Crippen molar-refractivity contribution in [1.29, 1.82) is 0 Å². The predicted molar refractivity (Wildman–Crippen MR) is 146 cm³/mol. The van der Waals surface area contributed by atoms with E-state index in [0.29, 0.717) is 36.3 Å². The number of thiazole rings is 1. The minimum atomic E-state index is -3.73. The molecule has 4 rings (SSSR count). The number of aromatic nitrogens is 5.